The van der Waals surface area contributed by atoms with Gasteiger partial charge in [-0.25, -0.2) is 4.98 Å². The maximum Gasteiger partial charge on any atom is 0.237 e. The topological polar surface area (TPSA) is 76.2 Å². The summed E-state index contributed by atoms with van der Waals surface area (Å²) in [6, 6.07) is 25.6. The summed E-state index contributed by atoms with van der Waals surface area (Å²) in [7, 11) is 0. The summed E-state index contributed by atoms with van der Waals surface area (Å²) in [4.78, 5) is 21.1. The zero-order chi connectivity index (χ0) is 22.6. The van der Waals surface area contributed by atoms with E-state index >= 15 is 0 Å². The first-order valence-electron chi connectivity index (χ1n) is 10.8. The number of carbonyl (C=O) groups excluding carboxylic acids is 1. The second kappa shape index (κ2) is 9.42. The van der Waals surface area contributed by atoms with Crippen LogP contribution in [-0.4, -0.2) is 34.3 Å². The van der Waals surface area contributed by atoms with Gasteiger partial charge in [-0.15, -0.1) is 0 Å². The Labute approximate surface area is 196 Å². The molecule has 0 bridgehead atoms. The number of hydrogen-bond donors (Lipinski definition) is 2. The van der Waals surface area contributed by atoms with Crippen LogP contribution in [0.4, 0.5) is 5.69 Å². The molecule has 1 aromatic heterocycles. The second-order valence-corrected chi connectivity index (χ2v) is 8.93. The molecule has 2 N–H and O–H groups in total. The molecule has 1 aliphatic heterocycles. The van der Waals surface area contributed by atoms with Crippen LogP contribution in [0.5, 0.6) is 11.5 Å². The number of hydrogen-bond acceptors (Lipinski definition) is 5. The first-order valence-corrected chi connectivity index (χ1v) is 11.6. The lowest BCUT2D eigenvalue weighted by Gasteiger charge is -2.19. The fourth-order valence-corrected chi connectivity index (χ4v) is 4.42. The third-order valence-electron chi connectivity index (χ3n) is 5.26. The van der Waals surface area contributed by atoms with Crippen molar-refractivity contribution in [1.82, 2.24) is 9.97 Å². The first kappa shape index (κ1) is 21.2. The average Bonchev–Trinajstić information content (AvgIpc) is 3.29. The Balaban J connectivity index is 1.35. The van der Waals surface area contributed by atoms with E-state index in [0.29, 0.717) is 35.6 Å². The molecule has 0 saturated carbocycles. The quantitative estimate of drug-likeness (QED) is 0.367. The molecule has 0 fully saturated rings. The van der Waals surface area contributed by atoms with Crippen molar-refractivity contribution in [2.75, 3.05) is 18.5 Å². The molecule has 6 nitrogen and oxygen atoms in total. The number of nitrogens with one attached hydrogen (secondary N) is 2. The van der Waals surface area contributed by atoms with Crippen LogP contribution in [-0.2, 0) is 4.79 Å². The second-order valence-electron chi connectivity index (χ2n) is 7.61. The SMILES string of the molecule is CC(Sc1nc(-c2ccccc2)c(-c2ccccc2)[nH]1)C(=O)Nc1ccc2c(c1)OCCO2. The Bertz CT molecular complexity index is 1200. The van der Waals surface area contributed by atoms with Crippen molar-refractivity contribution < 1.29 is 14.3 Å². The smallest absolute Gasteiger partial charge is 0.237 e. The number of imidazole rings is 1. The van der Waals surface area contributed by atoms with E-state index in [2.05, 4.69) is 10.3 Å². The normalized spacial score (nSPS) is 13.4. The monoisotopic (exact) mass is 457 g/mol. The van der Waals surface area contributed by atoms with E-state index in [1.807, 2.05) is 79.7 Å². The van der Waals surface area contributed by atoms with E-state index < -0.39 is 0 Å². The molecule has 1 atom stereocenters. The number of ether oxygens (including phenoxy) is 2. The highest BCUT2D eigenvalue weighted by molar-refractivity contribution is 8.00. The molecule has 0 aliphatic carbocycles. The highest BCUT2D eigenvalue weighted by Gasteiger charge is 2.21. The molecule has 3 aromatic carbocycles. The van der Waals surface area contributed by atoms with E-state index in [0.717, 1.165) is 22.5 Å². The van der Waals surface area contributed by atoms with Crippen LogP contribution >= 0.6 is 11.8 Å². The van der Waals surface area contributed by atoms with Crippen LogP contribution in [0.25, 0.3) is 22.5 Å². The molecule has 0 spiro atoms. The molecule has 33 heavy (non-hydrogen) atoms. The summed E-state index contributed by atoms with van der Waals surface area (Å²) < 4.78 is 11.1. The van der Waals surface area contributed by atoms with E-state index in [1.165, 1.54) is 11.8 Å². The summed E-state index contributed by atoms with van der Waals surface area (Å²) in [6.07, 6.45) is 0. The van der Waals surface area contributed by atoms with Crippen molar-refractivity contribution in [2.45, 2.75) is 17.3 Å². The maximum atomic E-state index is 12.9. The minimum Gasteiger partial charge on any atom is -0.486 e. The highest BCUT2D eigenvalue weighted by Crippen LogP contribution is 2.35. The molecule has 0 radical (unpaired) electrons. The van der Waals surface area contributed by atoms with Crippen molar-refractivity contribution in [3.8, 4) is 34.0 Å². The van der Waals surface area contributed by atoms with Gasteiger partial charge in [0, 0.05) is 22.9 Å². The molecule has 0 saturated heterocycles. The number of thioether (sulfide) groups is 1. The fourth-order valence-electron chi connectivity index (χ4n) is 3.61. The number of aromatic amines is 1. The van der Waals surface area contributed by atoms with Crippen LogP contribution in [0.15, 0.2) is 84.0 Å². The summed E-state index contributed by atoms with van der Waals surface area (Å²) in [5, 5.41) is 3.29. The lowest BCUT2D eigenvalue weighted by molar-refractivity contribution is -0.115. The summed E-state index contributed by atoms with van der Waals surface area (Å²) >= 11 is 1.39. The largest absolute Gasteiger partial charge is 0.486 e. The standard InChI is InChI=1S/C26H23N3O3S/c1-17(25(30)27-20-12-13-21-22(16-20)32-15-14-31-21)33-26-28-23(18-8-4-2-5-9-18)24(29-26)19-10-6-3-7-11-19/h2-13,16-17H,14-15H2,1H3,(H,27,30)(H,28,29). The average molecular weight is 458 g/mol. The minimum atomic E-state index is -0.364. The Morgan fingerprint density at radius 3 is 2.33 bits per heavy atom. The molecule has 4 aromatic rings. The van der Waals surface area contributed by atoms with Crippen molar-refractivity contribution >= 4 is 23.4 Å². The number of carbonyl (C=O) groups is 1. The highest BCUT2D eigenvalue weighted by atomic mass is 32.2. The summed E-state index contributed by atoms with van der Waals surface area (Å²) in [5.74, 6) is 1.22. The molecule has 1 unspecified atom stereocenters. The van der Waals surface area contributed by atoms with Gasteiger partial charge in [-0.2, -0.15) is 0 Å². The van der Waals surface area contributed by atoms with E-state index in [9.17, 15) is 4.79 Å². The van der Waals surface area contributed by atoms with Crippen molar-refractivity contribution in [2.24, 2.45) is 0 Å². The van der Waals surface area contributed by atoms with Gasteiger partial charge in [0.2, 0.25) is 5.91 Å². The van der Waals surface area contributed by atoms with Crippen LogP contribution in [0.3, 0.4) is 0 Å². The number of benzene rings is 3. The van der Waals surface area contributed by atoms with Gasteiger partial charge in [0.25, 0.3) is 0 Å². The Hall–Kier alpha value is -3.71. The fraction of sp³-hybridized carbons (Fsp3) is 0.154. The molecule has 5 rings (SSSR count). The minimum absolute atomic E-state index is 0.115. The number of H-pyrrole nitrogens is 1. The first-order chi connectivity index (χ1) is 16.2. The third-order valence-corrected chi connectivity index (χ3v) is 6.24. The van der Waals surface area contributed by atoms with Gasteiger partial charge in [-0.1, -0.05) is 72.4 Å². The van der Waals surface area contributed by atoms with Gasteiger partial charge in [0.15, 0.2) is 16.7 Å². The summed E-state index contributed by atoms with van der Waals surface area (Å²) in [5.41, 5.74) is 4.54. The van der Waals surface area contributed by atoms with Crippen LogP contribution < -0.4 is 14.8 Å². The number of anilines is 1. The van der Waals surface area contributed by atoms with Gasteiger partial charge < -0.3 is 19.8 Å². The molecule has 1 aliphatic rings. The van der Waals surface area contributed by atoms with E-state index in [1.54, 1.807) is 6.07 Å². The van der Waals surface area contributed by atoms with E-state index in [-0.39, 0.29) is 11.2 Å². The van der Waals surface area contributed by atoms with Gasteiger partial charge in [-0.05, 0) is 19.1 Å². The van der Waals surface area contributed by atoms with Crippen molar-refractivity contribution in [3.63, 3.8) is 0 Å². The predicted octanol–water partition coefficient (Wildman–Crippen LogP) is 5.63. The molecular formula is C26H23N3O3S. The van der Waals surface area contributed by atoms with E-state index in [4.69, 9.17) is 14.5 Å². The predicted molar refractivity (Wildman–Crippen MR) is 131 cm³/mol. The number of amides is 1. The Kier molecular flexibility index (Phi) is 6.04. The molecule has 2 heterocycles. The Morgan fingerprint density at radius 1 is 0.939 bits per heavy atom. The molecule has 7 heteroatoms. The summed E-state index contributed by atoms with van der Waals surface area (Å²) in [6.45, 7) is 2.90. The van der Waals surface area contributed by atoms with Crippen LogP contribution in [0.2, 0.25) is 0 Å². The Morgan fingerprint density at radius 2 is 1.61 bits per heavy atom. The lowest BCUT2D eigenvalue weighted by Crippen LogP contribution is -2.23. The van der Waals surface area contributed by atoms with Crippen molar-refractivity contribution in [1.29, 1.82) is 0 Å². The van der Waals surface area contributed by atoms with Gasteiger partial charge in [-0.3, -0.25) is 4.79 Å². The van der Waals surface area contributed by atoms with Crippen LogP contribution in [0.1, 0.15) is 6.92 Å². The number of rotatable bonds is 6. The number of aromatic nitrogens is 2. The number of nitrogens with zero attached hydrogens (tertiary/aromatic N) is 1. The van der Waals surface area contributed by atoms with Gasteiger partial charge >= 0.3 is 0 Å². The van der Waals surface area contributed by atoms with Gasteiger partial charge in [0.05, 0.1) is 16.6 Å². The number of fused-ring (bicyclic) bond motifs is 1. The zero-order valence-electron chi connectivity index (χ0n) is 18.1. The zero-order valence-corrected chi connectivity index (χ0v) is 18.9. The van der Waals surface area contributed by atoms with Crippen molar-refractivity contribution in [3.05, 3.63) is 78.9 Å². The maximum absolute atomic E-state index is 12.9. The lowest BCUT2D eigenvalue weighted by atomic mass is 10.1. The third kappa shape index (κ3) is 4.73. The molecule has 166 valence electrons. The van der Waals surface area contributed by atoms with Gasteiger partial charge in [0.1, 0.15) is 13.2 Å². The molecule has 1 amide bonds. The van der Waals surface area contributed by atoms with Crippen LogP contribution in [0, 0.1) is 0 Å². The molecular weight excluding hydrogens is 434 g/mol.